The van der Waals surface area contributed by atoms with Crippen LogP contribution in [0.5, 0.6) is 5.75 Å². The maximum atomic E-state index is 12.4. The molecule has 0 aromatic heterocycles. The zero-order valence-electron chi connectivity index (χ0n) is 14.6. The van der Waals surface area contributed by atoms with Crippen LogP contribution < -0.4 is 4.74 Å². The van der Waals surface area contributed by atoms with Gasteiger partial charge in [0.25, 0.3) is 5.91 Å². The highest BCUT2D eigenvalue weighted by Crippen LogP contribution is 2.38. The molecule has 6 heteroatoms. The smallest absolute Gasteiger partial charge is 0.290 e. The average molecular weight is 332 g/mol. The van der Waals surface area contributed by atoms with E-state index in [4.69, 9.17) is 4.74 Å². The lowest BCUT2D eigenvalue weighted by Crippen LogP contribution is -2.33. The number of hydrogen-bond acceptors (Lipinski definition) is 5. The van der Waals surface area contributed by atoms with Crippen molar-refractivity contribution >= 4 is 11.7 Å². The number of aliphatic hydroxyl groups excluding tert-OH is 1. The minimum Gasteiger partial charge on any atom is -0.503 e. The van der Waals surface area contributed by atoms with Crippen LogP contribution >= 0.6 is 0 Å². The van der Waals surface area contributed by atoms with Crippen molar-refractivity contribution in [3.8, 4) is 5.75 Å². The zero-order valence-corrected chi connectivity index (χ0v) is 14.6. The summed E-state index contributed by atoms with van der Waals surface area (Å²) in [7, 11) is 5.50. The molecule has 0 saturated heterocycles. The molecule has 1 aromatic rings. The molecule has 1 aliphatic heterocycles. The van der Waals surface area contributed by atoms with E-state index < -0.39 is 17.7 Å². The van der Waals surface area contributed by atoms with Crippen molar-refractivity contribution in [3.05, 3.63) is 41.2 Å². The Morgan fingerprint density at radius 2 is 1.92 bits per heavy atom. The lowest BCUT2D eigenvalue weighted by Gasteiger charge is -2.27. The average Bonchev–Trinajstić information content (AvgIpc) is 2.79. The summed E-state index contributed by atoms with van der Waals surface area (Å²) in [5, 5.41) is 10.2. The molecule has 0 fully saturated rings. The Hall–Kier alpha value is -2.34. The molecule has 1 aromatic carbocycles. The molecule has 24 heavy (non-hydrogen) atoms. The first-order chi connectivity index (χ1) is 11.4. The van der Waals surface area contributed by atoms with Crippen LogP contribution in [0.3, 0.4) is 0 Å². The van der Waals surface area contributed by atoms with Gasteiger partial charge in [-0.1, -0.05) is 12.1 Å². The Labute approximate surface area is 142 Å². The van der Waals surface area contributed by atoms with Crippen molar-refractivity contribution < 1.29 is 19.4 Å². The number of carbonyl (C=O) groups is 2. The minimum absolute atomic E-state index is 0.162. The van der Waals surface area contributed by atoms with Gasteiger partial charge in [-0.25, -0.2) is 0 Å². The molecule has 0 bridgehead atoms. The second-order valence-corrected chi connectivity index (χ2v) is 6.15. The summed E-state index contributed by atoms with van der Waals surface area (Å²) < 4.78 is 5.15. The maximum Gasteiger partial charge on any atom is 0.290 e. The van der Waals surface area contributed by atoms with E-state index in [2.05, 4.69) is 0 Å². The first-order valence-electron chi connectivity index (χ1n) is 7.90. The third-order valence-corrected chi connectivity index (χ3v) is 4.12. The van der Waals surface area contributed by atoms with Crippen molar-refractivity contribution in [2.75, 3.05) is 34.3 Å². The quantitative estimate of drug-likeness (QED) is 0.826. The predicted octanol–water partition coefficient (Wildman–Crippen LogP) is 1.93. The molecular weight excluding hydrogens is 308 g/mol. The summed E-state index contributed by atoms with van der Waals surface area (Å²) >= 11 is 0. The van der Waals surface area contributed by atoms with Gasteiger partial charge in [0.05, 0.1) is 18.7 Å². The second kappa shape index (κ2) is 7.49. The van der Waals surface area contributed by atoms with Crippen LogP contribution in [-0.2, 0) is 9.59 Å². The van der Waals surface area contributed by atoms with Gasteiger partial charge >= 0.3 is 0 Å². The molecule has 6 nitrogen and oxygen atoms in total. The van der Waals surface area contributed by atoms with E-state index in [9.17, 15) is 14.7 Å². The largest absolute Gasteiger partial charge is 0.503 e. The highest BCUT2D eigenvalue weighted by Gasteiger charge is 2.41. The molecule has 130 valence electrons. The van der Waals surface area contributed by atoms with Crippen molar-refractivity contribution in [2.24, 2.45) is 0 Å². The molecule has 0 unspecified atom stereocenters. The van der Waals surface area contributed by atoms with Crippen LogP contribution in [0.1, 0.15) is 24.9 Å². The molecule has 0 spiro atoms. The Morgan fingerprint density at radius 1 is 1.29 bits per heavy atom. The van der Waals surface area contributed by atoms with Gasteiger partial charge in [-0.05, 0) is 51.7 Å². The van der Waals surface area contributed by atoms with Crippen molar-refractivity contribution in [1.82, 2.24) is 9.80 Å². The third-order valence-electron chi connectivity index (χ3n) is 4.12. The van der Waals surface area contributed by atoms with Gasteiger partial charge in [0, 0.05) is 6.54 Å². The lowest BCUT2D eigenvalue weighted by atomic mass is 9.96. The van der Waals surface area contributed by atoms with Gasteiger partial charge < -0.3 is 19.6 Å². The van der Waals surface area contributed by atoms with Gasteiger partial charge in [0.1, 0.15) is 5.75 Å². The molecule has 1 atom stereocenters. The fourth-order valence-electron chi connectivity index (χ4n) is 2.93. The van der Waals surface area contributed by atoms with E-state index >= 15 is 0 Å². The molecule has 2 rings (SSSR count). The van der Waals surface area contributed by atoms with Crippen LogP contribution in [-0.4, -0.2) is 60.9 Å². The SMILES string of the molecule is COc1ccc([C@H]2C(C(C)=O)=C(O)C(=O)N2CCCN(C)C)cc1. The van der Waals surface area contributed by atoms with E-state index in [1.165, 1.54) is 6.92 Å². The first kappa shape index (κ1) is 18.0. The number of ether oxygens (including phenoxy) is 1. The van der Waals surface area contributed by atoms with Crippen LogP contribution in [0.2, 0.25) is 0 Å². The zero-order chi connectivity index (χ0) is 17.9. The maximum absolute atomic E-state index is 12.4. The first-order valence-corrected chi connectivity index (χ1v) is 7.90. The number of methoxy groups -OCH3 is 1. The number of rotatable bonds is 7. The van der Waals surface area contributed by atoms with Gasteiger partial charge in [-0.15, -0.1) is 0 Å². The number of Topliss-reactive ketones (excluding diaryl/α,β-unsaturated/α-hetero) is 1. The molecule has 0 aliphatic carbocycles. The summed E-state index contributed by atoms with van der Waals surface area (Å²) in [5.74, 6) is -0.524. The van der Waals surface area contributed by atoms with E-state index in [-0.39, 0.29) is 11.4 Å². The molecular formula is C18H24N2O4. The number of nitrogens with zero attached hydrogens (tertiary/aromatic N) is 2. The van der Waals surface area contributed by atoms with Crippen LogP contribution in [0.15, 0.2) is 35.6 Å². The summed E-state index contributed by atoms with van der Waals surface area (Å²) in [6, 6.07) is 6.65. The van der Waals surface area contributed by atoms with Gasteiger partial charge in [0.2, 0.25) is 0 Å². The number of hydrogen-bond donors (Lipinski definition) is 1. The fourth-order valence-corrected chi connectivity index (χ4v) is 2.93. The van der Waals surface area contributed by atoms with Crippen molar-refractivity contribution in [2.45, 2.75) is 19.4 Å². The summed E-state index contributed by atoms with van der Waals surface area (Å²) in [6.45, 7) is 2.66. The number of aliphatic hydroxyl groups is 1. The topological polar surface area (TPSA) is 70.1 Å². The van der Waals surface area contributed by atoms with Crippen molar-refractivity contribution in [1.29, 1.82) is 0 Å². The predicted molar refractivity (Wildman–Crippen MR) is 91.0 cm³/mol. The Kier molecular flexibility index (Phi) is 5.62. The molecule has 1 N–H and O–H groups in total. The number of benzene rings is 1. The number of amides is 1. The Bertz CT molecular complexity index is 649. The van der Waals surface area contributed by atoms with E-state index in [1.807, 2.05) is 31.1 Å². The lowest BCUT2D eigenvalue weighted by molar-refractivity contribution is -0.129. The van der Waals surface area contributed by atoms with Crippen LogP contribution in [0.25, 0.3) is 0 Å². The highest BCUT2D eigenvalue weighted by molar-refractivity contribution is 6.08. The minimum atomic E-state index is -0.553. The van der Waals surface area contributed by atoms with Gasteiger partial charge in [-0.3, -0.25) is 9.59 Å². The van der Waals surface area contributed by atoms with Gasteiger partial charge in [-0.2, -0.15) is 0 Å². The summed E-state index contributed by atoms with van der Waals surface area (Å²) in [6.07, 6.45) is 0.754. The summed E-state index contributed by atoms with van der Waals surface area (Å²) in [5.41, 5.74) is 0.943. The molecule has 1 aliphatic rings. The second-order valence-electron chi connectivity index (χ2n) is 6.15. The molecule has 0 saturated carbocycles. The molecule has 1 amide bonds. The van der Waals surface area contributed by atoms with Gasteiger partial charge in [0.15, 0.2) is 11.5 Å². The van der Waals surface area contributed by atoms with E-state index in [0.29, 0.717) is 12.3 Å². The monoisotopic (exact) mass is 332 g/mol. The number of ketones is 1. The Balaban J connectivity index is 2.34. The van der Waals surface area contributed by atoms with Crippen molar-refractivity contribution in [3.63, 3.8) is 0 Å². The van der Waals surface area contributed by atoms with Crippen LogP contribution in [0.4, 0.5) is 0 Å². The third kappa shape index (κ3) is 3.59. The van der Waals surface area contributed by atoms with E-state index in [1.54, 1.807) is 24.1 Å². The van der Waals surface area contributed by atoms with Crippen LogP contribution in [0, 0.1) is 0 Å². The number of carbonyl (C=O) groups excluding carboxylic acids is 2. The molecule has 1 heterocycles. The standard InChI is InChI=1S/C18H24N2O4/c1-12(21)15-16(13-6-8-14(24-4)9-7-13)20(18(23)17(15)22)11-5-10-19(2)3/h6-9,16,22H,5,10-11H2,1-4H3/t16-/m0/s1. The molecule has 0 radical (unpaired) electrons. The van der Waals surface area contributed by atoms with E-state index in [0.717, 1.165) is 18.5 Å². The normalized spacial score (nSPS) is 17.8. The summed E-state index contributed by atoms with van der Waals surface area (Å²) in [4.78, 5) is 28.0. The Morgan fingerprint density at radius 3 is 2.42 bits per heavy atom. The highest BCUT2D eigenvalue weighted by atomic mass is 16.5. The fraction of sp³-hybridized carbons (Fsp3) is 0.444.